The normalized spacial score (nSPS) is 16.2. The first-order valence-corrected chi connectivity index (χ1v) is 9.29. The molecule has 1 heterocycles. The maximum Gasteiger partial charge on any atom is 0.250 e. The highest BCUT2D eigenvalue weighted by molar-refractivity contribution is 7.80. The van der Waals surface area contributed by atoms with E-state index in [1.165, 1.54) is 6.08 Å². The van der Waals surface area contributed by atoms with Gasteiger partial charge in [-0.3, -0.25) is 10.1 Å². The summed E-state index contributed by atoms with van der Waals surface area (Å²) in [5, 5.41) is 5.84. The van der Waals surface area contributed by atoms with E-state index < -0.39 is 0 Å². The van der Waals surface area contributed by atoms with Crippen molar-refractivity contribution in [1.29, 1.82) is 0 Å². The van der Waals surface area contributed by atoms with Gasteiger partial charge in [0, 0.05) is 18.4 Å². The highest BCUT2D eigenvalue weighted by atomic mass is 32.1. The summed E-state index contributed by atoms with van der Waals surface area (Å²) in [5.41, 5.74) is 1.72. The summed E-state index contributed by atoms with van der Waals surface area (Å²) in [4.78, 5) is 11.9. The van der Waals surface area contributed by atoms with E-state index in [9.17, 15) is 4.79 Å². The second-order valence-corrected chi connectivity index (χ2v) is 6.57. The van der Waals surface area contributed by atoms with Crippen molar-refractivity contribution in [3.8, 4) is 5.75 Å². The Morgan fingerprint density at radius 3 is 2.67 bits per heavy atom. The van der Waals surface area contributed by atoms with E-state index >= 15 is 0 Å². The Morgan fingerprint density at radius 1 is 1.19 bits per heavy atom. The van der Waals surface area contributed by atoms with Gasteiger partial charge in [-0.05, 0) is 61.0 Å². The molecule has 2 aromatic rings. The zero-order valence-electron chi connectivity index (χ0n) is 14.9. The largest absolute Gasteiger partial charge is 0.491 e. The van der Waals surface area contributed by atoms with Crippen LogP contribution < -0.4 is 15.4 Å². The lowest BCUT2D eigenvalue weighted by Gasteiger charge is -2.12. The van der Waals surface area contributed by atoms with Gasteiger partial charge < -0.3 is 14.8 Å². The predicted octanol–water partition coefficient (Wildman–Crippen LogP) is 3.77. The average Bonchev–Trinajstić information content (AvgIpc) is 3.20. The van der Waals surface area contributed by atoms with E-state index in [2.05, 4.69) is 10.6 Å². The molecule has 5 nitrogen and oxygen atoms in total. The molecule has 0 bridgehead atoms. The lowest BCUT2D eigenvalue weighted by Crippen LogP contribution is -2.32. The lowest BCUT2D eigenvalue weighted by atomic mass is 10.2. The first-order valence-electron chi connectivity index (χ1n) is 8.88. The molecular weight excluding hydrogens is 360 g/mol. The molecule has 140 valence electrons. The minimum atomic E-state index is -0.284. The number of carbonyl (C=O) groups excluding carboxylic acids is 1. The second kappa shape index (κ2) is 9.85. The van der Waals surface area contributed by atoms with Gasteiger partial charge >= 0.3 is 0 Å². The third kappa shape index (κ3) is 6.51. The Labute approximate surface area is 164 Å². The summed E-state index contributed by atoms with van der Waals surface area (Å²) in [5.74, 6) is 0.490. The Morgan fingerprint density at radius 2 is 1.96 bits per heavy atom. The molecule has 1 unspecified atom stereocenters. The highest BCUT2D eigenvalue weighted by Gasteiger charge is 2.15. The van der Waals surface area contributed by atoms with Crippen molar-refractivity contribution < 1.29 is 14.3 Å². The fourth-order valence-corrected chi connectivity index (χ4v) is 2.87. The molecule has 2 N–H and O–H groups in total. The maximum absolute atomic E-state index is 11.9. The van der Waals surface area contributed by atoms with Crippen LogP contribution in [0.2, 0.25) is 0 Å². The van der Waals surface area contributed by atoms with Crippen molar-refractivity contribution in [3.05, 3.63) is 66.2 Å². The van der Waals surface area contributed by atoms with Crippen LogP contribution in [0.15, 0.2) is 60.7 Å². The monoisotopic (exact) mass is 382 g/mol. The molecule has 1 atom stereocenters. The molecule has 27 heavy (non-hydrogen) atoms. The Hall–Kier alpha value is -2.70. The van der Waals surface area contributed by atoms with Crippen molar-refractivity contribution in [3.63, 3.8) is 0 Å². The quantitative estimate of drug-likeness (QED) is 0.588. The number of hydrogen-bond donors (Lipinski definition) is 2. The number of carbonyl (C=O) groups is 1. The zero-order chi connectivity index (χ0) is 18.9. The van der Waals surface area contributed by atoms with Crippen LogP contribution >= 0.6 is 12.2 Å². The van der Waals surface area contributed by atoms with Gasteiger partial charge in [0.15, 0.2) is 5.11 Å². The molecule has 1 amide bonds. The third-order valence-electron chi connectivity index (χ3n) is 4.04. The molecule has 1 aliphatic rings. The van der Waals surface area contributed by atoms with Gasteiger partial charge in [-0.25, -0.2) is 0 Å². The van der Waals surface area contributed by atoms with Gasteiger partial charge in [0.2, 0.25) is 5.91 Å². The molecule has 1 saturated heterocycles. The molecular formula is C21H22N2O3S. The van der Waals surface area contributed by atoms with Crippen LogP contribution in [0.5, 0.6) is 5.75 Å². The molecule has 0 radical (unpaired) electrons. The number of ether oxygens (including phenoxy) is 2. The summed E-state index contributed by atoms with van der Waals surface area (Å²) in [6, 6.07) is 17.0. The number of benzene rings is 2. The highest BCUT2D eigenvalue weighted by Crippen LogP contribution is 2.18. The van der Waals surface area contributed by atoms with E-state index in [4.69, 9.17) is 21.7 Å². The topological polar surface area (TPSA) is 59.6 Å². The predicted molar refractivity (Wildman–Crippen MR) is 111 cm³/mol. The summed E-state index contributed by atoms with van der Waals surface area (Å²) in [6.45, 7) is 1.38. The first-order chi connectivity index (χ1) is 13.2. The lowest BCUT2D eigenvalue weighted by molar-refractivity contribution is -0.115. The summed E-state index contributed by atoms with van der Waals surface area (Å²) >= 11 is 5.18. The molecule has 3 rings (SSSR count). The van der Waals surface area contributed by atoms with E-state index in [0.717, 1.165) is 36.4 Å². The van der Waals surface area contributed by atoms with Crippen LogP contribution in [-0.2, 0) is 9.53 Å². The fourth-order valence-electron chi connectivity index (χ4n) is 2.65. The molecule has 6 heteroatoms. The van der Waals surface area contributed by atoms with Crippen molar-refractivity contribution in [2.45, 2.75) is 18.9 Å². The molecule has 1 fully saturated rings. The van der Waals surface area contributed by atoms with E-state index in [-0.39, 0.29) is 17.1 Å². The van der Waals surface area contributed by atoms with Crippen molar-refractivity contribution in [2.75, 3.05) is 18.5 Å². The Bertz CT molecular complexity index is 785. The van der Waals surface area contributed by atoms with Gasteiger partial charge in [-0.2, -0.15) is 0 Å². The molecule has 0 aromatic heterocycles. The fraction of sp³-hybridized carbons (Fsp3) is 0.238. The molecule has 0 spiro atoms. The number of amides is 1. The maximum atomic E-state index is 11.9. The Kier molecular flexibility index (Phi) is 6.96. The van der Waals surface area contributed by atoms with Crippen molar-refractivity contribution >= 4 is 35.0 Å². The number of rotatable bonds is 6. The van der Waals surface area contributed by atoms with Crippen molar-refractivity contribution in [1.82, 2.24) is 5.32 Å². The molecule has 1 aliphatic heterocycles. The summed E-state index contributed by atoms with van der Waals surface area (Å²) in [7, 11) is 0. The third-order valence-corrected chi connectivity index (χ3v) is 4.24. The van der Waals surface area contributed by atoms with Crippen LogP contribution in [0.25, 0.3) is 6.08 Å². The van der Waals surface area contributed by atoms with Gasteiger partial charge in [0.05, 0.1) is 6.10 Å². The number of hydrogen-bond acceptors (Lipinski definition) is 4. The van der Waals surface area contributed by atoms with Crippen LogP contribution in [0.4, 0.5) is 5.69 Å². The smallest absolute Gasteiger partial charge is 0.250 e. The number of anilines is 1. The van der Waals surface area contributed by atoms with Gasteiger partial charge in [0.25, 0.3) is 0 Å². The summed E-state index contributed by atoms with van der Waals surface area (Å²) in [6.07, 6.45) is 5.52. The standard InChI is InChI=1S/C21H22N2O3S/c24-20(13-8-16-5-2-1-3-6-16)23-21(27)22-17-9-11-18(12-10-17)26-15-19-7-4-14-25-19/h1-3,5-6,8-13,19H,4,7,14-15H2,(H2,22,23,24,27). The van der Waals surface area contributed by atoms with Crippen LogP contribution in [0.3, 0.4) is 0 Å². The minimum Gasteiger partial charge on any atom is -0.491 e. The SMILES string of the molecule is O=C(C=Cc1ccccc1)NC(=S)Nc1ccc(OCC2CCCO2)cc1. The van der Waals surface area contributed by atoms with Crippen molar-refractivity contribution in [2.24, 2.45) is 0 Å². The van der Waals surface area contributed by atoms with Gasteiger partial charge in [0.1, 0.15) is 12.4 Å². The first kappa shape index (κ1) is 19.1. The second-order valence-electron chi connectivity index (χ2n) is 6.16. The summed E-state index contributed by atoms with van der Waals surface area (Å²) < 4.78 is 11.3. The molecule has 0 aliphatic carbocycles. The zero-order valence-corrected chi connectivity index (χ0v) is 15.7. The van der Waals surface area contributed by atoms with Gasteiger partial charge in [-0.1, -0.05) is 30.3 Å². The molecule has 2 aromatic carbocycles. The van der Waals surface area contributed by atoms with E-state index in [1.54, 1.807) is 6.08 Å². The average molecular weight is 382 g/mol. The number of thiocarbonyl (C=S) groups is 1. The van der Waals surface area contributed by atoms with E-state index in [0.29, 0.717) is 6.61 Å². The van der Waals surface area contributed by atoms with Crippen LogP contribution in [0, 0.1) is 0 Å². The van der Waals surface area contributed by atoms with Gasteiger partial charge in [-0.15, -0.1) is 0 Å². The number of nitrogens with one attached hydrogen (secondary N) is 2. The minimum absolute atomic E-state index is 0.189. The van der Waals surface area contributed by atoms with E-state index in [1.807, 2.05) is 54.6 Å². The molecule has 0 saturated carbocycles. The van der Waals surface area contributed by atoms with Crippen LogP contribution in [-0.4, -0.2) is 30.3 Å². The van der Waals surface area contributed by atoms with Crippen LogP contribution in [0.1, 0.15) is 18.4 Å². The Balaban J connectivity index is 1.43.